The summed E-state index contributed by atoms with van der Waals surface area (Å²) in [6, 6.07) is 4.99. The van der Waals surface area contributed by atoms with Crippen LogP contribution in [0.2, 0.25) is 0 Å². The van der Waals surface area contributed by atoms with Crippen molar-refractivity contribution in [3.63, 3.8) is 0 Å². The summed E-state index contributed by atoms with van der Waals surface area (Å²) >= 11 is 1.84. The summed E-state index contributed by atoms with van der Waals surface area (Å²) in [5.74, 6) is 0. The summed E-state index contributed by atoms with van der Waals surface area (Å²) < 4.78 is 0. The Bertz CT molecular complexity index is 246. The summed E-state index contributed by atoms with van der Waals surface area (Å²) in [7, 11) is 0. The van der Waals surface area contributed by atoms with Gasteiger partial charge in [0.15, 0.2) is 0 Å². The third kappa shape index (κ3) is 4.33. The molecule has 0 fully saturated rings. The van der Waals surface area contributed by atoms with E-state index in [1.165, 1.54) is 11.3 Å². The predicted molar refractivity (Wildman–Crippen MR) is 68.2 cm³/mol. The first-order valence-corrected chi connectivity index (χ1v) is 6.62. The normalized spacial score (nSPS) is 13.3. The minimum absolute atomic E-state index is 0.652. The maximum absolute atomic E-state index is 5.57. The summed E-state index contributed by atoms with van der Waals surface area (Å²) in [6.45, 7) is 7.52. The van der Waals surface area contributed by atoms with Crippen molar-refractivity contribution in [1.29, 1.82) is 0 Å². The zero-order chi connectivity index (χ0) is 11.1. The fourth-order valence-corrected chi connectivity index (χ4v) is 2.34. The second-order valence-electron chi connectivity index (χ2n) is 3.95. The van der Waals surface area contributed by atoms with Gasteiger partial charge in [-0.1, -0.05) is 13.0 Å². The first-order valence-electron chi connectivity index (χ1n) is 5.74. The van der Waals surface area contributed by atoms with E-state index in [1.54, 1.807) is 0 Å². The number of hydrogen-bond acceptors (Lipinski definition) is 3. The van der Waals surface area contributed by atoms with Crippen molar-refractivity contribution in [3.05, 3.63) is 22.4 Å². The SMILES string of the molecule is CCC(C)N(CCCN)Cc1cccs1. The molecule has 0 amide bonds. The molecule has 2 nitrogen and oxygen atoms in total. The van der Waals surface area contributed by atoms with Crippen LogP contribution in [0.4, 0.5) is 0 Å². The molecule has 1 aromatic rings. The van der Waals surface area contributed by atoms with Crippen molar-refractivity contribution in [2.45, 2.75) is 39.3 Å². The molecule has 1 atom stereocenters. The molecule has 0 bridgehead atoms. The molecule has 0 aliphatic rings. The Labute approximate surface area is 97.1 Å². The molecule has 0 aliphatic heterocycles. The Balaban J connectivity index is 2.48. The van der Waals surface area contributed by atoms with E-state index in [4.69, 9.17) is 5.73 Å². The topological polar surface area (TPSA) is 29.3 Å². The molecule has 3 heteroatoms. The van der Waals surface area contributed by atoms with Gasteiger partial charge < -0.3 is 5.73 Å². The third-order valence-corrected chi connectivity index (χ3v) is 3.66. The minimum atomic E-state index is 0.652. The number of hydrogen-bond donors (Lipinski definition) is 1. The summed E-state index contributed by atoms with van der Waals surface area (Å²) in [5, 5.41) is 2.15. The van der Waals surface area contributed by atoms with Gasteiger partial charge in [-0.25, -0.2) is 0 Å². The summed E-state index contributed by atoms with van der Waals surface area (Å²) in [4.78, 5) is 3.98. The van der Waals surface area contributed by atoms with E-state index in [0.29, 0.717) is 6.04 Å². The quantitative estimate of drug-likeness (QED) is 0.774. The average molecular weight is 226 g/mol. The highest BCUT2D eigenvalue weighted by molar-refractivity contribution is 7.09. The molecule has 2 N–H and O–H groups in total. The number of nitrogens with two attached hydrogens (primary N) is 1. The molecule has 1 rings (SSSR count). The Morgan fingerprint density at radius 3 is 2.87 bits per heavy atom. The highest BCUT2D eigenvalue weighted by atomic mass is 32.1. The summed E-state index contributed by atoms with van der Waals surface area (Å²) in [5.41, 5.74) is 5.57. The molecule has 86 valence electrons. The van der Waals surface area contributed by atoms with Crippen LogP contribution in [0.25, 0.3) is 0 Å². The van der Waals surface area contributed by atoms with Gasteiger partial charge in [0.1, 0.15) is 0 Å². The van der Waals surface area contributed by atoms with Crippen LogP contribution >= 0.6 is 11.3 Å². The van der Waals surface area contributed by atoms with Crippen LogP contribution in [0.1, 0.15) is 31.6 Å². The van der Waals surface area contributed by atoms with Gasteiger partial charge in [0.05, 0.1) is 0 Å². The van der Waals surface area contributed by atoms with Crippen LogP contribution in [-0.2, 0) is 6.54 Å². The molecule has 0 aromatic carbocycles. The van der Waals surface area contributed by atoms with Gasteiger partial charge in [-0.15, -0.1) is 11.3 Å². The maximum Gasteiger partial charge on any atom is 0.0330 e. The highest BCUT2D eigenvalue weighted by Crippen LogP contribution is 2.15. The lowest BCUT2D eigenvalue weighted by Crippen LogP contribution is -2.33. The third-order valence-electron chi connectivity index (χ3n) is 2.80. The van der Waals surface area contributed by atoms with E-state index >= 15 is 0 Å². The van der Waals surface area contributed by atoms with Crippen molar-refractivity contribution >= 4 is 11.3 Å². The maximum atomic E-state index is 5.57. The largest absolute Gasteiger partial charge is 0.330 e. The van der Waals surface area contributed by atoms with E-state index in [0.717, 1.165) is 26.1 Å². The second kappa shape index (κ2) is 6.99. The van der Waals surface area contributed by atoms with Gasteiger partial charge in [0, 0.05) is 17.5 Å². The van der Waals surface area contributed by atoms with Crippen LogP contribution in [0, 0.1) is 0 Å². The molecule has 1 aromatic heterocycles. The molecule has 0 spiro atoms. The first-order chi connectivity index (χ1) is 7.27. The molecule has 0 saturated carbocycles. The monoisotopic (exact) mass is 226 g/mol. The van der Waals surface area contributed by atoms with E-state index in [2.05, 4.69) is 36.3 Å². The lowest BCUT2D eigenvalue weighted by molar-refractivity contribution is 0.195. The highest BCUT2D eigenvalue weighted by Gasteiger charge is 2.12. The first kappa shape index (κ1) is 12.7. The van der Waals surface area contributed by atoms with Gasteiger partial charge >= 0.3 is 0 Å². The summed E-state index contributed by atoms with van der Waals surface area (Å²) in [6.07, 6.45) is 2.30. The van der Waals surface area contributed by atoms with Gasteiger partial charge in [0.25, 0.3) is 0 Å². The molecular formula is C12H22N2S. The smallest absolute Gasteiger partial charge is 0.0330 e. The van der Waals surface area contributed by atoms with Gasteiger partial charge in [-0.2, -0.15) is 0 Å². The van der Waals surface area contributed by atoms with E-state index in [9.17, 15) is 0 Å². The standard InChI is InChI=1S/C12H22N2S/c1-3-11(2)14(8-5-7-13)10-12-6-4-9-15-12/h4,6,9,11H,3,5,7-8,10,13H2,1-2H3. The zero-order valence-corrected chi connectivity index (χ0v) is 10.6. The van der Waals surface area contributed by atoms with Crippen molar-refractivity contribution in [1.82, 2.24) is 4.90 Å². The van der Waals surface area contributed by atoms with Crippen molar-refractivity contribution in [2.75, 3.05) is 13.1 Å². The molecule has 15 heavy (non-hydrogen) atoms. The Morgan fingerprint density at radius 1 is 1.53 bits per heavy atom. The Kier molecular flexibility index (Phi) is 5.91. The molecule has 1 heterocycles. The Morgan fingerprint density at radius 2 is 2.33 bits per heavy atom. The molecular weight excluding hydrogens is 204 g/mol. The number of nitrogens with zero attached hydrogens (tertiary/aromatic N) is 1. The lowest BCUT2D eigenvalue weighted by atomic mass is 10.2. The predicted octanol–water partition coefficient (Wildman–Crippen LogP) is 2.70. The molecule has 0 aliphatic carbocycles. The van der Waals surface area contributed by atoms with Crippen LogP contribution < -0.4 is 5.73 Å². The Hall–Kier alpha value is -0.380. The van der Waals surface area contributed by atoms with E-state index < -0.39 is 0 Å². The van der Waals surface area contributed by atoms with Crippen LogP contribution in [-0.4, -0.2) is 24.0 Å². The average Bonchev–Trinajstić information content (AvgIpc) is 2.75. The lowest BCUT2D eigenvalue weighted by Gasteiger charge is -2.27. The minimum Gasteiger partial charge on any atom is -0.330 e. The van der Waals surface area contributed by atoms with E-state index in [-0.39, 0.29) is 0 Å². The number of rotatable bonds is 7. The second-order valence-corrected chi connectivity index (χ2v) is 4.98. The van der Waals surface area contributed by atoms with Crippen molar-refractivity contribution < 1.29 is 0 Å². The van der Waals surface area contributed by atoms with Gasteiger partial charge in [-0.3, -0.25) is 4.90 Å². The van der Waals surface area contributed by atoms with Gasteiger partial charge in [-0.05, 0) is 44.3 Å². The van der Waals surface area contributed by atoms with Crippen molar-refractivity contribution in [2.24, 2.45) is 5.73 Å². The molecule has 1 unspecified atom stereocenters. The van der Waals surface area contributed by atoms with Crippen LogP contribution in [0.15, 0.2) is 17.5 Å². The van der Waals surface area contributed by atoms with Crippen molar-refractivity contribution in [3.8, 4) is 0 Å². The zero-order valence-electron chi connectivity index (χ0n) is 9.78. The van der Waals surface area contributed by atoms with Crippen LogP contribution in [0.5, 0.6) is 0 Å². The van der Waals surface area contributed by atoms with Gasteiger partial charge in [0.2, 0.25) is 0 Å². The fraction of sp³-hybridized carbons (Fsp3) is 0.667. The molecule has 0 radical (unpaired) electrons. The fourth-order valence-electron chi connectivity index (χ4n) is 1.61. The number of thiophene rings is 1. The molecule has 0 saturated heterocycles. The van der Waals surface area contributed by atoms with Crippen LogP contribution in [0.3, 0.4) is 0 Å². The van der Waals surface area contributed by atoms with E-state index in [1.807, 2.05) is 11.3 Å².